The molecule has 0 aliphatic rings. The van der Waals surface area contributed by atoms with Crippen molar-refractivity contribution < 1.29 is 9.59 Å². The largest absolute Gasteiger partial charge is 0.326 e. The van der Waals surface area contributed by atoms with Gasteiger partial charge < -0.3 is 10.6 Å². The molecule has 0 fully saturated rings. The Bertz CT molecular complexity index is 1170. The third-order valence-electron chi connectivity index (χ3n) is 4.74. The first-order chi connectivity index (χ1) is 15.1. The number of amides is 2. The van der Waals surface area contributed by atoms with Crippen LogP contribution >= 0.6 is 0 Å². The van der Waals surface area contributed by atoms with Crippen molar-refractivity contribution in [2.75, 3.05) is 10.6 Å². The molecule has 8 nitrogen and oxygen atoms in total. The lowest BCUT2D eigenvalue weighted by atomic mass is 10.2. The lowest BCUT2D eigenvalue weighted by Gasteiger charge is -2.13. The molecule has 0 aliphatic carbocycles. The Morgan fingerprint density at radius 2 is 1.74 bits per heavy atom. The first-order valence-electron chi connectivity index (χ1n) is 9.87. The van der Waals surface area contributed by atoms with Gasteiger partial charge in [-0.25, -0.2) is 4.68 Å². The molecule has 0 bridgehead atoms. The molecule has 4 aromatic rings. The number of benzene rings is 2. The zero-order valence-corrected chi connectivity index (χ0v) is 17.0. The SMILES string of the molecule is CC(C(=O)Nc1cccc(NC(=O)Cc2cnn(-c3ccccc3)c2)c1)n1cccn1. The Morgan fingerprint density at radius 1 is 0.968 bits per heavy atom. The number of nitrogens with zero attached hydrogens (tertiary/aromatic N) is 4. The van der Waals surface area contributed by atoms with Gasteiger partial charge in [0.05, 0.1) is 18.3 Å². The molecule has 2 N–H and O–H groups in total. The van der Waals surface area contributed by atoms with E-state index in [1.165, 1.54) is 0 Å². The molecule has 2 amide bonds. The molecule has 2 heterocycles. The number of nitrogens with one attached hydrogen (secondary N) is 2. The van der Waals surface area contributed by atoms with Crippen LogP contribution in [0.15, 0.2) is 85.5 Å². The van der Waals surface area contributed by atoms with Gasteiger partial charge in [-0.05, 0) is 48.9 Å². The van der Waals surface area contributed by atoms with Crippen molar-refractivity contribution in [1.82, 2.24) is 19.6 Å². The highest BCUT2D eigenvalue weighted by Gasteiger charge is 2.15. The van der Waals surface area contributed by atoms with Gasteiger partial charge in [-0.15, -0.1) is 0 Å². The second-order valence-corrected chi connectivity index (χ2v) is 7.09. The third kappa shape index (κ3) is 5.05. The molecular weight excluding hydrogens is 392 g/mol. The van der Waals surface area contributed by atoms with Crippen LogP contribution in [-0.4, -0.2) is 31.4 Å². The normalized spacial score (nSPS) is 11.6. The van der Waals surface area contributed by atoms with Crippen molar-refractivity contribution in [3.63, 3.8) is 0 Å². The van der Waals surface area contributed by atoms with Crippen LogP contribution < -0.4 is 10.6 Å². The molecule has 1 unspecified atom stereocenters. The highest BCUT2D eigenvalue weighted by Crippen LogP contribution is 2.17. The second-order valence-electron chi connectivity index (χ2n) is 7.09. The monoisotopic (exact) mass is 414 g/mol. The minimum absolute atomic E-state index is 0.166. The van der Waals surface area contributed by atoms with Crippen LogP contribution in [-0.2, 0) is 16.0 Å². The first-order valence-corrected chi connectivity index (χ1v) is 9.87. The van der Waals surface area contributed by atoms with Gasteiger partial charge in [0.25, 0.3) is 0 Å². The molecule has 0 spiro atoms. The van der Waals surface area contributed by atoms with Crippen LogP contribution in [0.4, 0.5) is 11.4 Å². The fourth-order valence-electron chi connectivity index (χ4n) is 3.12. The first kappa shape index (κ1) is 20.1. The molecule has 31 heavy (non-hydrogen) atoms. The maximum absolute atomic E-state index is 12.5. The molecule has 4 rings (SSSR count). The summed E-state index contributed by atoms with van der Waals surface area (Å²) in [5.41, 5.74) is 2.93. The summed E-state index contributed by atoms with van der Waals surface area (Å²) < 4.78 is 3.32. The molecule has 0 radical (unpaired) electrons. The Balaban J connectivity index is 1.36. The van der Waals surface area contributed by atoms with Gasteiger partial charge in [0.1, 0.15) is 6.04 Å². The van der Waals surface area contributed by atoms with E-state index in [9.17, 15) is 9.59 Å². The van der Waals surface area contributed by atoms with E-state index < -0.39 is 6.04 Å². The quantitative estimate of drug-likeness (QED) is 0.484. The van der Waals surface area contributed by atoms with E-state index in [1.807, 2.05) is 36.5 Å². The Hall–Kier alpha value is -4.20. The zero-order chi connectivity index (χ0) is 21.6. The van der Waals surface area contributed by atoms with Gasteiger partial charge in [-0.1, -0.05) is 24.3 Å². The lowest BCUT2D eigenvalue weighted by molar-refractivity contribution is -0.119. The van der Waals surface area contributed by atoms with E-state index in [-0.39, 0.29) is 18.2 Å². The second kappa shape index (κ2) is 9.08. The van der Waals surface area contributed by atoms with E-state index in [2.05, 4.69) is 20.8 Å². The van der Waals surface area contributed by atoms with E-state index in [4.69, 9.17) is 0 Å². The summed E-state index contributed by atoms with van der Waals surface area (Å²) in [4.78, 5) is 24.9. The minimum atomic E-state index is -0.450. The van der Waals surface area contributed by atoms with E-state index in [0.717, 1.165) is 11.3 Å². The molecule has 156 valence electrons. The molecule has 0 aliphatic heterocycles. The van der Waals surface area contributed by atoms with Gasteiger partial charge >= 0.3 is 0 Å². The number of carbonyl (C=O) groups is 2. The van der Waals surface area contributed by atoms with Crippen molar-refractivity contribution in [3.8, 4) is 5.69 Å². The van der Waals surface area contributed by atoms with Gasteiger partial charge in [0.2, 0.25) is 11.8 Å². The average molecular weight is 414 g/mol. The van der Waals surface area contributed by atoms with Gasteiger partial charge in [0.15, 0.2) is 0 Å². The van der Waals surface area contributed by atoms with Crippen molar-refractivity contribution >= 4 is 23.2 Å². The van der Waals surface area contributed by atoms with Crippen molar-refractivity contribution in [3.05, 3.63) is 91.0 Å². The fourth-order valence-corrected chi connectivity index (χ4v) is 3.12. The minimum Gasteiger partial charge on any atom is -0.326 e. The summed E-state index contributed by atoms with van der Waals surface area (Å²) in [5.74, 6) is -0.360. The van der Waals surface area contributed by atoms with Crippen LogP contribution in [0.2, 0.25) is 0 Å². The summed E-state index contributed by atoms with van der Waals surface area (Å²) in [6.07, 6.45) is 7.08. The maximum atomic E-state index is 12.5. The smallest absolute Gasteiger partial charge is 0.248 e. The molecular formula is C23H22N6O2. The molecule has 1 atom stereocenters. The number of para-hydroxylation sites is 1. The Labute approximate surface area is 179 Å². The zero-order valence-electron chi connectivity index (χ0n) is 17.0. The van der Waals surface area contributed by atoms with Crippen molar-refractivity contribution in [2.45, 2.75) is 19.4 Å². The summed E-state index contributed by atoms with van der Waals surface area (Å²) in [6.45, 7) is 1.77. The topological polar surface area (TPSA) is 93.8 Å². The average Bonchev–Trinajstić information content (AvgIpc) is 3.46. The standard InChI is InChI=1S/C23H22N6O2/c1-17(28-12-6-11-24-28)23(31)27-20-8-5-7-19(14-20)26-22(30)13-18-15-25-29(16-18)21-9-3-2-4-10-21/h2-12,14-17H,13H2,1H3,(H,26,30)(H,27,31). The molecule has 2 aromatic carbocycles. The predicted octanol–water partition coefficient (Wildman–Crippen LogP) is 3.45. The van der Waals surface area contributed by atoms with Crippen LogP contribution in [0.25, 0.3) is 5.69 Å². The highest BCUT2D eigenvalue weighted by molar-refractivity contribution is 5.96. The summed E-state index contributed by atoms with van der Waals surface area (Å²) in [7, 11) is 0. The van der Waals surface area contributed by atoms with Crippen LogP contribution in [0.1, 0.15) is 18.5 Å². The molecule has 0 saturated heterocycles. The molecule has 2 aromatic heterocycles. The van der Waals surface area contributed by atoms with Gasteiger partial charge in [-0.3, -0.25) is 14.3 Å². The lowest BCUT2D eigenvalue weighted by Crippen LogP contribution is -2.24. The van der Waals surface area contributed by atoms with E-state index >= 15 is 0 Å². The summed E-state index contributed by atoms with van der Waals surface area (Å²) in [6, 6.07) is 18.1. The summed E-state index contributed by atoms with van der Waals surface area (Å²) in [5, 5.41) is 14.1. The van der Waals surface area contributed by atoms with Crippen LogP contribution in [0.3, 0.4) is 0 Å². The van der Waals surface area contributed by atoms with Crippen molar-refractivity contribution in [1.29, 1.82) is 0 Å². The number of rotatable bonds is 7. The number of hydrogen-bond donors (Lipinski definition) is 2. The highest BCUT2D eigenvalue weighted by atomic mass is 16.2. The summed E-state index contributed by atoms with van der Waals surface area (Å²) >= 11 is 0. The number of carbonyl (C=O) groups excluding carboxylic acids is 2. The Morgan fingerprint density at radius 3 is 2.48 bits per heavy atom. The predicted molar refractivity (Wildman–Crippen MR) is 118 cm³/mol. The van der Waals surface area contributed by atoms with Gasteiger partial charge in [-0.2, -0.15) is 10.2 Å². The molecule has 0 saturated carbocycles. The number of anilines is 2. The third-order valence-corrected chi connectivity index (χ3v) is 4.74. The van der Waals surface area contributed by atoms with Crippen LogP contribution in [0, 0.1) is 0 Å². The number of hydrogen-bond acceptors (Lipinski definition) is 4. The van der Waals surface area contributed by atoms with Crippen molar-refractivity contribution in [2.24, 2.45) is 0 Å². The molecule has 8 heteroatoms. The van der Waals surface area contributed by atoms with Gasteiger partial charge in [0, 0.05) is 30.0 Å². The fraction of sp³-hybridized carbons (Fsp3) is 0.130. The maximum Gasteiger partial charge on any atom is 0.248 e. The van der Waals surface area contributed by atoms with Crippen LogP contribution in [0.5, 0.6) is 0 Å². The number of aromatic nitrogens is 4. The van der Waals surface area contributed by atoms with E-state index in [1.54, 1.807) is 65.2 Å². The Kier molecular flexibility index (Phi) is 5.89. The van der Waals surface area contributed by atoms with E-state index in [0.29, 0.717) is 11.4 Å².